The molecule has 1 fully saturated rings. The van der Waals surface area contributed by atoms with Crippen LogP contribution in [0.25, 0.3) is 0 Å². The molecule has 56 valence electrons. The van der Waals surface area contributed by atoms with Gasteiger partial charge in [-0.2, -0.15) is 0 Å². The molecule has 1 aliphatic rings. The van der Waals surface area contributed by atoms with Gasteiger partial charge in [-0.05, 0) is 0 Å². The second-order valence-electron chi connectivity index (χ2n) is 2.41. The molecule has 2 N–H and O–H groups in total. The highest BCUT2D eigenvalue weighted by Crippen LogP contribution is 2.03. The first kappa shape index (κ1) is 7.55. The molecular weight excluding hydrogens is 130 g/mol. The van der Waals surface area contributed by atoms with Gasteiger partial charge in [0.25, 0.3) is 0 Å². The van der Waals surface area contributed by atoms with Crippen LogP contribution < -0.4 is 5.32 Å². The molecule has 0 amide bonds. The van der Waals surface area contributed by atoms with Crippen molar-refractivity contribution in [1.29, 1.82) is 0 Å². The maximum Gasteiger partial charge on any atom is 0.160 e. The standard InChI is InChI=1S/C7H11NO2/c1-2-7(9)5-8-3-4-10-6-7/h1,8-9H,3-6H2. The van der Waals surface area contributed by atoms with E-state index in [2.05, 4.69) is 11.2 Å². The van der Waals surface area contributed by atoms with Gasteiger partial charge in [0.15, 0.2) is 5.60 Å². The van der Waals surface area contributed by atoms with Gasteiger partial charge in [0.05, 0.1) is 13.2 Å². The average Bonchev–Trinajstić information content (AvgIpc) is 2.15. The minimum atomic E-state index is -1.10. The fourth-order valence-electron chi connectivity index (χ4n) is 0.824. The first-order valence-electron chi connectivity index (χ1n) is 3.25. The van der Waals surface area contributed by atoms with Crippen molar-refractivity contribution in [3.8, 4) is 12.3 Å². The summed E-state index contributed by atoms with van der Waals surface area (Å²) in [5.74, 6) is 2.29. The Morgan fingerprint density at radius 3 is 3.20 bits per heavy atom. The topological polar surface area (TPSA) is 41.5 Å². The molecule has 0 aromatic carbocycles. The lowest BCUT2D eigenvalue weighted by Gasteiger charge is -2.17. The Labute approximate surface area is 60.4 Å². The number of hydrogen-bond acceptors (Lipinski definition) is 3. The van der Waals surface area contributed by atoms with E-state index in [0.29, 0.717) is 13.2 Å². The number of aliphatic hydroxyl groups is 1. The number of nitrogens with one attached hydrogen (secondary N) is 1. The number of rotatable bonds is 0. The van der Waals surface area contributed by atoms with Gasteiger partial charge < -0.3 is 15.2 Å². The summed E-state index contributed by atoms with van der Waals surface area (Å²) >= 11 is 0. The monoisotopic (exact) mass is 141 g/mol. The van der Waals surface area contributed by atoms with Crippen LogP contribution in [0, 0.1) is 12.3 Å². The summed E-state index contributed by atoms with van der Waals surface area (Å²) in [5, 5.41) is 12.4. The largest absolute Gasteiger partial charge is 0.376 e. The highest BCUT2D eigenvalue weighted by atomic mass is 16.5. The molecule has 3 nitrogen and oxygen atoms in total. The van der Waals surface area contributed by atoms with E-state index in [1.165, 1.54) is 0 Å². The van der Waals surface area contributed by atoms with Crippen LogP contribution in [-0.2, 0) is 4.74 Å². The van der Waals surface area contributed by atoms with Gasteiger partial charge in [-0.25, -0.2) is 0 Å². The van der Waals surface area contributed by atoms with Gasteiger partial charge in [-0.1, -0.05) is 5.92 Å². The lowest BCUT2D eigenvalue weighted by atomic mass is 10.1. The quantitative estimate of drug-likeness (QED) is 0.424. The fourth-order valence-corrected chi connectivity index (χ4v) is 0.824. The Bertz CT molecular complexity index is 142. The van der Waals surface area contributed by atoms with Crippen LogP contribution >= 0.6 is 0 Å². The molecule has 10 heavy (non-hydrogen) atoms. The summed E-state index contributed by atoms with van der Waals surface area (Å²) in [5.41, 5.74) is -1.10. The van der Waals surface area contributed by atoms with E-state index in [1.807, 2.05) is 0 Å². The fraction of sp³-hybridized carbons (Fsp3) is 0.714. The molecule has 1 atom stereocenters. The summed E-state index contributed by atoms with van der Waals surface area (Å²) in [6.45, 7) is 2.02. The van der Waals surface area contributed by atoms with Crippen molar-refractivity contribution in [2.75, 3.05) is 26.3 Å². The molecule has 0 radical (unpaired) electrons. The molecule has 1 rings (SSSR count). The molecule has 0 aromatic heterocycles. The molecule has 0 aromatic rings. The van der Waals surface area contributed by atoms with Crippen LogP contribution in [0.5, 0.6) is 0 Å². The molecule has 1 unspecified atom stereocenters. The predicted molar refractivity (Wildman–Crippen MR) is 37.5 cm³/mol. The van der Waals surface area contributed by atoms with Crippen LogP contribution in [0.2, 0.25) is 0 Å². The van der Waals surface area contributed by atoms with Crippen molar-refractivity contribution in [3.63, 3.8) is 0 Å². The van der Waals surface area contributed by atoms with Crippen LogP contribution in [0.1, 0.15) is 0 Å². The van der Waals surface area contributed by atoms with Gasteiger partial charge in [-0.3, -0.25) is 0 Å². The van der Waals surface area contributed by atoms with E-state index in [9.17, 15) is 5.11 Å². The molecule has 0 saturated carbocycles. The zero-order valence-corrected chi connectivity index (χ0v) is 5.76. The number of hydrogen-bond donors (Lipinski definition) is 2. The molecule has 1 aliphatic heterocycles. The Hall–Kier alpha value is -0.560. The van der Waals surface area contributed by atoms with Crippen molar-refractivity contribution in [2.24, 2.45) is 0 Å². The third kappa shape index (κ3) is 1.71. The van der Waals surface area contributed by atoms with E-state index >= 15 is 0 Å². The van der Waals surface area contributed by atoms with Crippen LogP contribution in [0.15, 0.2) is 0 Å². The maximum atomic E-state index is 9.44. The van der Waals surface area contributed by atoms with E-state index in [4.69, 9.17) is 11.2 Å². The van der Waals surface area contributed by atoms with Crippen molar-refractivity contribution < 1.29 is 9.84 Å². The second-order valence-corrected chi connectivity index (χ2v) is 2.41. The number of ether oxygens (including phenoxy) is 1. The first-order chi connectivity index (χ1) is 4.77. The normalized spacial score (nSPS) is 34.4. The van der Waals surface area contributed by atoms with Gasteiger partial charge in [0.2, 0.25) is 0 Å². The van der Waals surface area contributed by atoms with Crippen molar-refractivity contribution in [3.05, 3.63) is 0 Å². The second kappa shape index (κ2) is 3.02. The average molecular weight is 141 g/mol. The summed E-state index contributed by atoms with van der Waals surface area (Å²) in [7, 11) is 0. The first-order valence-corrected chi connectivity index (χ1v) is 3.25. The minimum absolute atomic E-state index is 0.233. The zero-order valence-electron chi connectivity index (χ0n) is 5.76. The van der Waals surface area contributed by atoms with E-state index in [1.54, 1.807) is 0 Å². The van der Waals surface area contributed by atoms with Crippen molar-refractivity contribution in [1.82, 2.24) is 5.32 Å². The molecule has 0 bridgehead atoms. The smallest absolute Gasteiger partial charge is 0.160 e. The van der Waals surface area contributed by atoms with Gasteiger partial charge >= 0.3 is 0 Å². The van der Waals surface area contributed by atoms with Gasteiger partial charge in [-0.15, -0.1) is 6.42 Å². The summed E-state index contributed by atoms with van der Waals surface area (Å²) in [6.07, 6.45) is 5.09. The highest BCUT2D eigenvalue weighted by molar-refractivity contribution is 5.09. The lowest BCUT2D eigenvalue weighted by Crippen LogP contribution is -2.40. The van der Waals surface area contributed by atoms with Crippen LogP contribution in [-0.4, -0.2) is 37.0 Å². The minimum Gasteiger partial charge on any atom is -0.376 e. The third-order valence-electron chi connectivity index (χ3n) is 1.45. The lowest BCUT2D eigenvalue weighted by molar-refractivity contribution is 0.0144. The molecule has 3 heteroatoms. The summed E-state index contributed by atoms with van der Waals surface area (Å²) < 4.78 is 5.05. The Kier molecular flexibility index (Phi) is 2.28. The Balaban J connectivity index is 2.51. The van der Waals surface area contributed by atoms with Crippen LogP contribution in [0.3, 0.4) is 0 Å². The van der Waals surface area contributed by atoms with E-state index in [-0.39, 0.29) is 6.61 Å². The summed E-state index contributed by atoms with van der Waals surface area (Å²) in [4.78, 5) is 0. The molecule has 0 aliphatic carbocycles. The van der Waals surface area contributed by atoms with Gasteiger partial charge in [0, 0.05) is 13.1 Å². The number of β-amino-alcohol motifs (C(OH)–C–C–N with tert-alkyl or cyclic N) is 1. The van der Waals surface area contributed by atoms with Crippen molar-refractivity contribution in [2.45, 2.75) is 5.60 Å². The predicted octanol–water partition coefficient (Wildman–Crippen LogP) is -1.03. The third-order valence-corrected chi connectivity index (χ3v) is 1.45. The van der Waals surface area contributed by atoms with Crippen molar-refractivity contribution >= 4 is 0 Å². The SMILES string of the molecule is C#CC1(O)CNCCOC1. The molecular formula is C7H11NO2. The van der Waals surface area contributed by atoms with E-state index < -0.39 is 5.60 Å². The highest BCUT2D eigenvalue weighted by Gasteiger charge is 2.25. The molecule has 1 saturated heterocycles. The maximum absolute atomic E-state index is 9.44. The van der Waals surface area contributed by atoms with E-state index in [0.717, 1.165) is 6.54 Å². The molecule has 0 spiro atoms. The van der Waals surface area contributed by atoms with Crippen LogP contribution in [0.4, 0.5) is 0 Å². The Morgan fingerprint density at radius 1 is 1.70 bits per heavy atom. The molecule has 1 heterocycles. The summed E-state index contributed by atoms with van der Waals surface area (Å²) in [6, 6.07) is 0. The van der Waals surface area contributed by atoms with Gasteiger partial charge in [0.1, 0.15) is 0 Å². The number of terminal acetylenes is 1. The Morgan fingerprint density at radius 2 is 2.50 bits per heavy atom. The zero-order chi connectivity index (χ0) is 7.45.